The van der Waals surface area contributed by atoms with Crippen molar-refractivity contribution in [2.45, 2.75) is 33.2 Å². The Balaban J connectivity index is 4.16. The van der Waals surface area contributed by atoms with Crippen molar-refractivity contribution in [3.05, 3.63) is 0 Å². The first kappa shape index (κ1) is 13.9. The van der Waals surface area contributed by atoms with Crippen molar-refractivity contribution in [1.82, 2.24) is 9.80 Å². The molecule has 15 heavy (non-hydrogen) atoms. The first-order valence-corrected chi connectivity index (χ1v) is 5.37. The number of carbonyl (C=O) groups excluding carboxylic acids is 1. The number of hydrogen-bond donors (Lipinski definition) is 0. The van der Waals surface area contributed by atoms with E-state index in [0.29, 0.717) is 13.1 Å². The van der Waals surface area contributed by atoms with Gasteiger partial charge in [0, 0.05) is 13.1 Å². The minimum absolute atomic E-state index is 0.0775. The van der Waals surface area contributed by atoms with Crippen LogP contribution in [0.5, 0.6) is 0 Å². The van der Waals surface area contributed by atoms with Crippen LogP contribution in [0.15, 0.2) is 0 Å². The van der Waals surface area contributed by atoms with Gasteiger partial charge in [0.05, 0.1) is 19.2 Å². The summed E-state index contributed by atoms with van der Waals surface area (Å²) in [5.41, 5.74) is 0. The Labute approximate surface area is 92.5 Å². The number of carbonyl (C=O) groups is 1. The lowest BCUT2D eigenvalue weighted by Crippen LogP contribution is -2.41. The molecule has 0 radical (unpaired) electrons. The fourth-order valence-corrected chi connectivity index (χ4v) is 1.22. The van der Waals surface area contributed by atoms with Crippen LogP contribution in [0.4, 0.5) is 0 Å². The van der Waals surface area contributed by atoms with Crippen LogP contribution in [0.25, 0.3) is 0 Å². The SMILES string of the molecule is CCCN(CC#N)CC(=O)N(C)C(C)C. The summed E-state index contributed by atoms with van der Waals surface area (Å²) >= 11 is 0. The number of likely N-dealkylation sites (N-methyl/N-ethyl adjacent to an activating group) is 1. The van der Waals surface area contributed by atoms with Gasteiger partial charge >= 0.3 is 0 Å². The third kappa shape index (κ3) is 5.38. The first-order valence-electron chi connectivity index (χ1n) is 5.37. The molecule has 0 fully saturated rings. The van der Waals surface area contributed by atoms with Crippen LogP contribution in [-0.2, 0) is 4.79 Å². The molecule has 0 aromatic carbocycles. The maximum atomic E-state index is 11.7. The number of rotatable bonds is 6. The van der Waals surface area contributed by atoms with Gasteiger partial charge in [0.15, 0.2) is 0 Å². The molecule has 0 spiro atoms. The normalized spacial score (nSPS) is 10.5. The summed E-state index contributed by atoms with van der Waals surface area (Å²) in [6.45, 7) is 7.46. The van der Waals surface area contributed by atoms with Crippen molar-refractivity contribution in [3.63, 3.8) is 0 Å². The zero-order chi connectivity index (χ0) is 11.8. The molecular weight excluding hydrogens is 190 g/mol. The minimum atomic E-state index is 0.0775. The summed E-state index contributed by atoms with van der Waals surface area (Å²) in [6, 6.07) is 2.29. The van der Waals surface area contributed by atoms with E-state index in [1.54, 1.807) is 11.9 Å². The second-order valence-electron chi connectivity index (χ2n) is 3.97. The standard InChI is InChI=1S/C11H21N3O/c1-5-7-14(8-6-12)9-11(15)13(4)10(2)3/h10H,5,7-9H2,1-4H3. The molecule has 0 aliphatic heterocycles. The van der Waals surface area contributed by atoms with Crippen LogP contribution in [0.3, 0.4) is 0 Å². The van der Waals surface area contributed by atoms with E-state index in [1.807, 2.05) is 25.7 Å². The Bertz CT molecular complexity index is 232. The average Bonchev–Trinajstić information content (AvgIpc) is 2.17. The van der Waals surface area contributed by atoms with E-state index in [0.717, 1.165) is 13.0 Å². The van der Waals surface area contributed by atoms with Crippen molar-refractivity contribution >= 4 is 5.91 Å². The van der Waals surface area contributed by atoms with Gasteiger partial charge in [-0.1, -0.05) is 6.92 Å². The second-order valence-corrected chi connectivity index (χ2v) is 3.97. The van der Waals surface area contributed by atoms with E-state index >= 15 is 0 Å². The lowest BCUT2D eigenvalue weighted by Gasteiger charge is -2.25. The Morgan fingerprint density at radius 3 is 2.47 bits per heavy atom. The molecule has 1 amide bonds. The van der Waals surface area contributed by atoms with Gasteiger partial charge in [0.1, 0.15) is 0 Å². The molecule has 4 nitrogen and oxygen atoms in total. The molecule has 0 saturated carbocycles. The summed E-state index contributed by atoms with van der Waals surface area (Å²) in [4.78, 5) is 15.3. The summed E-state index contributed by atoms with van der Waals surface area (Å²) in [5, 5.41) is 8.61. The summed E-state index contributed by atoms with van der Waals surface area (Å²) in [6.07, 6.45) is 0.959. The molecule has 0 rings (SSSR count). The summed E-state index contributed by atoms with van der Waals surface area (Å²) in [5.74, 6) is 0.0775. The third-order valence-electron chi connectivity index (χ3n) is 2.36. The predicted octanol–water partition coefficient (Wildman–Crippen LogP) is 1.09. The second kappa shape index (κ2) is 7.24. The van der Waals surface area contributed by atoms with Gasteiger partial charge in [-0.25, -0.2) is 0 Å². The molecule has 86 valence electrons. The largest absolute Gasteiger partial charge is 0.342 e. The zero-order valence-electron chi connectivity index (χ0n) is 10.2. The smallest absolute Gasteiger partial charge is 0.236 e. The van der Waals surface area contributed by atoms with Crippen molar-refractivity contribution in [2.24, 2.45) is 0 Å². The lowest BCUT2D eigenvalue weighted by molar-refractivity contribution is -0.132. The predicted molar refractivity (Wildman–Crippen MR) is 60.3 cm³/mol. The molecule has 0 N–H and O–H groups in total. The highest BCUT2D eigenvalue weighted by Crippen LogP contribution is 1.98. The third-order valence-corrected chi connectivity index (χ3v) is 2.36. The van der Waals surface area contributed by atoms with Crippen LogP contribution >= 0.6 is 0 Å². The number of hydrogen-bond acceptors (Lipinski definition) is 3. The van der Waals surface area contributed by atoms with Crippen LogP contribution in [0, 0.1) is 11.3 Å². The number of nitrogens with zero attached hydrogens (tertiary/aromatic N) is 3. The van der Waals surface area contributed by atoms with Gasteiger partial charge in [0.2, 0.25) is 5.91 Å². The monoisotopic (exact) mass is 211 g/mol. The van der Waals surface area contributed by atoms with E-state index in [-0.39, 0.29) is 11.9 Å². The van der Waals surface area contributed by atoms with Crippen molar-refractivity contribution in [1.29, 1.82) is 5.26 Å². The molecule has 0 aliphatic rings. The molecule has 0 heterocycles. The van der Waals surface area contributed by atoms with E-state index < -0.39 is 0 Å². The molecule has 4 heteroatoms. The Hall–Kier alpha value is -1.08. The van der Waals surface area contributed by atoms with Gasteiger partial charge in [0.25, 0.3) is 0 Å². The van der Waals surface area contributed by atoms with Gasteiger partial charge in [-0.15, -0.1) is 0 Å². The summed E-state index contributed by atoms with van der Waals surface area (Å²) in [7, 11) is 1.80. The van der Waals surface area contributed by atoms with Crippen LogP contribution in [-0.4, -0.2) is 48.4 Å². The van der Waals surface area contributed by atoms with Gasteiger partial charge < -0.3 is 4.90 Å². The topological polar surface area (TPSA) is 47.3 Å². The molecule has 0 atom stereocenters. The van der Waals surface area contributed by atoms with Crippen molar-refractivity contribution < 1.29 is 4.79 Å². The van der Waals surface area contributed by atoms with E-state index in [1.165, 1.54) is 0 Å². The molecule has 0 aromatic heterocycles. The number of nitriles is 1. The average molecular weight is 211 g/mol. The Morgan fingerprint density at radius 1 is 1.47 bits per heavy atom. The van der Waals surface area contributed by atoms with Gasteiger partial charge in [-0.3, -0.25) is 9.69 Å². The lowest BCUT2D eigenvalue weighted by atomic mass is 10.3. The van der Waals surface area contributed by atoms with Crippen LogP contribution in [0.2, 0.25) is 0 Å². The molecule has 0 aliphatic carbocycles. The first-order chi connectivity index (χ1) is 7.02. The quantitative estimate of drug-likeness (QED) is 0.618. The van der Waals surface area contributed by atoms with Gasteiger partial charge in [-0.2, -0.15) is 5.26 Å². The highest BCUT2D eigenvalue weighted by molar-refractivity contribution is 5.78. The highest BCUT2D eigenvalue weighted by atomic mass is 16.2. The molecular formula is C11H21N3O. The van der Waals surface area contributed by atoms with Crippen molar-refractivity contribution in [2.75, 3.05) is 26.7 Å². The van der Waals surface area contributed by atoms with Gasteiger partial charge in [-0.05, 0) is 26.8 Å². The fraction of sp³-hybridized carbons (Fsp3) is 0.818. The molecule has 0 unspecified atom stereocenters. The Kier molecular flexibility index (Phi) is 6.72. The zero-order valence-corrected chi connectivity index (χ0v) is 10.2. The summed E-state index contributed by atoms with van der Waals surface area (Å²) < 4.78 is 0. The van der Waals surface area contributed by atoms with E-state index in [9.17, 15) is 4.79 Å². The van der Waals surface area contributed by atoms with E-state index in [2.05, 4.69) is 6.07 Å². The van der Waals surface area contributed by atoms with Crippen LogP contribution in [0.1, 0.15) is 27.2 Å². The van der Waals surface area contributed by atoms with Crippen LogP contribution < -0.4 is 0 Å². The highest BCUT2D eigenvalue weighted by Gasteiger charge is 2.15. The Morgan fingerprint density at radius 2 is 2.07 bits per heavy atom. The molecule has 0 saturated heterocycles. The maximum Gasteiger partial charge on any atom is 0.236 e. The maximum absolute atomic E-state index is 11.7. The van der Waals surface area contributed by atoms with Crippen molar-refractivity contribution in [3.8, 4) is 6.07 Å². The molecule has 0 bridgehead atoms. The number of amides is 1. The van der Waals surface area contributed by atoms with E-state index in [4.69, 9.17) is 5.26 Å². The fourth-order valence-electron chi connectivity index (χ4n) is 1.22. The minimum Gasteiger partial charge on any atom is -0.342 e. The molecule has 0 aromatic rings.